The minimum atomic E-state index is -0.749. The number of aryl methyl sites for hydroxylation is 1. The topological polar surface area (TPSA) is 20.2 Å². The number of aliphatic hydroxyl groups excluding tert-OH is 1. The lowest BCUT2D eigenvalue weighted by Crippen LogP contribution is -1.99. The first-order valence-corrected chi connectivity index (χ1v) is 6.91. The number of rotatable bonds is 3. The Morgan fingerprint density at radius 1 is 1.18 bits per heavy atom. The van der Waals surface area contributed by atoms with E-state index in [1.54, 1.807) is 29.5 Å². The molecule has 90 valence electrons. The van der Waals surface area contributed by atoms with Gasteiger partial charge in [-0.15, -0.1) is 11.3 Å². The molecule has 0 saturated carbocycles. The lowest BCUT2D eigenvalue weighted by Gasteiger charge is -2.12. The molecule has 1 unspecified atom stereocenters. The minimum absolute atomic E-state index is 0.497. The van der Waals surface area contributed by atoms with Gasteiger partial charge >= 0.3 is 0 Å². The van der Waals surface area contributed by atoms with Crippen LogP contribution < -0.4 is 0 Å². The quantitative estimate of drug-likeness (QED) is 0.867. The van der Waals surface area contributed by atoms with Crippen molar-refractivity contribution in [1.82, 2.24) is 0 Å². The summed E-state index contributed by atoms with van der Waals surface area (Å²) in [7, 11) is 0. The summed E-state index contributed by atoms with van der Waals surface area (Å²) in [6.45, 7) is 2.09. The Bertz CT molecular complexity index is 502. The fraction of sp³-hybridized carbons (Fsp3) is 0.231. The van der Waals surface area contributed by atoms with E-state index in [9.17, 15) is 5.11 Å². The summed E-state index contributed by atoms with van der Waals surface area (Å²) in [6.07, 6.45) is 0.217. The maximum absolute atomic E-state index is 10.3. The average Bonchev–Trinajstić information content (AvgIpc) is 2.77. The highest BCUT2D eigenvalue weighted by molar-refractivity contribution is 7.12. The van der Waals surface area contributed by atoms with Crippen molar-refractivity contribution in [3.05, 3.63) is 55.7 Å². The zero-order chi connectivity index (χ0) is 12.4. The molecule has 1 N–H and O–H groups in total. The van der Waals surface area contributed by atoms with E-state index in [0.717, 1.165) is 11.3 Å². The van der Waals surface area contributed by atoms with Crippen LogP contribution in [0, 0.1) is 0 Å². The van der Waals surface area contributed by atoms with Gasteiger partial charge in [0.1, 0.15) is 6.10 Å². The Labute approximate surface area is 115 Å². The maximum Gasteiger partial charge on any atom is 0.116 e. The summed E-state index contributed by atoms with van der Waals surface area (Å²) in [5.41, 5.74) is 0.584. The van der Waals surface area contributed by atoms with Crippen LogP contribution >= 0.6 is 34.5 Å². The third-order valence-corrected chi connectivity index (χ3v) is 4.51. The average molecular weight is 287 g/mol. The lowest BCUT2D eigenvalue weighted by molar-refractivity contribution is 0.224. The van der Waals surface area contributed by atoms with Crippen LogP contribution in [0.1, 0.15) is 28.3 Å². The molecule has 0 spiro atoms. The molecule has 2 rings (SSSR count). The van der Waals surface area contributed by atoms with Gasteiger partial charge in [0, 0.05) is 25.4 Å². The Hall–Kier alpha value is -0.540. The smallest absolute Gasteiger partial charge is 0.116 e. The normalized spacial score (nSPS) is 12.7. The molecule has 0 aliphatic heterocycles. The second kappa shape index (κ2) is 5.40. The predicted octanol–water partition coefficient (Wildman–Crippen LogP) is 4.70. The molecule has 1 atom stereocenters. The van der Waals surface area contributed by atoms with Crippen molar-refractivity contribution < 1.29 is 5.11 Å². The van der Waals surface area contributed by atoms with Gasteiger partial charge in [0.05, 0.1) is 0 Å². The van der Waals surface area contributed by atoms with Gasteiger partial charge < -0.3 is 5.11 Å². The highest BCUT2D eigenvalue weighted by atomic mass is 35.5. The van der Waals surface area contributed by atoms with E-state index in [1.807, 2.05) is 12.1 Å². The molecule has 0 amide bonds. The van der Waals surface area contributed by atoms with Gasteiger partial charge in [-0.25, -0.2) is 0 Å². The molecule has 1 aromatic carbocycles. The van der Waals surface area contributed by atoms with E-state index >= 15 is 0 Å². The molecule has 0 bridgehead atoms. The number of hydrogen-bond acceptors (Lipinski definition) is 2. The van der Waals surface area contributed by atoms with Gasteiger partial charge in [0.2, 0.25) is 0 Å². The molecule has 0 aliphatic carbocycles. The Kier molecular flexibility index (Phi) is 4.10. The lowest BCUT2D eigenvalue weighted by atomic mass is 10.1. The second-order valence-corrected chi connectivity index (χ2v) is 5.71. The van der Waals surface area contributed by atoms with Crippen molar-refractivity contribution in [3.8, 4) is 0 Å². The SMILES string of the molecule is CCc1ccc(C(O)c2c(Cl)cccc2Cl)s1. The molecule has 4 heteroatoms. The largest absolute Gasteiger partial charge is 0.383 e. The first-order valence-electron chi connectivity index (χ1n) is 5.34. The number of benzene rings is 1. The van der Waals surface area contributed by atoms with Crippen molar-refractivity contribution in [2.45, 2.75) is 19.4 Å². The first kappa shape index (κ1) is 12.9. The molecule has 17 heavy (non-hydrogen) atoms. The highest BCUT2D eigenvalue weighted by Gasteiger charge is 2.18. The third-order valence-electron chi connectivity index (χ3n) is 2.57. The third kappa shape index (κ3) is 2.66. The van der Waals surface area contributed by atoms with Crippen molar-refractivity contribution in [3.63, 3.8) is 0 Å². The summed E-state index contributed by atoms with van der Waals surface area (Å²) in [5.74, 6) is 0. The Morgan fingerprint density at radius 2 is 1.82 bits per heavy atom. The van der Waals surface area contributed by atoms with Gasteiger partial charge in [-0.3, -0.25) is 0 Å². The van der Waals surface area contributed by atoms with E-state index in [0.29, 0.717) is 15.6 Å². The molecule has 1 heterocycles. The molecular formula is C13H12Cl2OS. The first-order chi connectivity index (χ1) is 8.13. The van der Waals surface area contributed by atoms with Crippen molar-refractivity contribution in [2.75, 3.05) is 0 Å². The van der Waals surface area contributed by atoms with E-state index in [-0.39, 0.29) is 0 Å². The molecule has 1 nitrogen and oxygen atoms in total. The summed E-state index contributed by atoms with van der Waals surface area (Å²) in [5, 5.41) is 11.3. The van der Waals surface area contributed by atoms with Crippen LogP contribution in [0.3, 0.4) is 0 Å². The Balaban J connectivity index is 2.39. The molecule has 0 aliphatic rings. The minimum Gasteiger partial charge on any atom is -0.383 e. The summed E-state index contributed by atoms with van der Waals surface area (Å²) in [6, 6.07) is 9.19. The zero-order valence-corrected chi connectivity index (χ0v) is 11.6. The van der Waals surface area contributed by atoms with E-state index < -0.39 is 6.10 Å². The Morgan fingerprint density at radius 3 is 2.35 bits per heavy atom. The predicted molar refractivity (Wildman–Crippen MR) is 74.2 cm³/mol. The standard InChI is InChI=1S/C13H12Cl2OS/c1-2-8-6-7-11(17-8)13(16)12-9(14)4-3-5-10(12)15/h3-7,13,16H,2H2,1H3. The number of halogens is 2. The van der Waals surface area contributed by atoms with Crippen molar-refractivity contribution >= 4 is 34.5 Å². The van der Waals surface area contributed by atoms with Crippen molar-refractivity contribution in [2.24, 2.45) is 0 Å². The van der Waals surface area contributed by atoms with Crippen LogP contribution in [0.2, 0.25) is 10.0 Å². The van der Waals surface area contributed by atoms with Crippen LogP contribution in [0.5, 0.6) is 0 Å². The van der Waals surface area contributed by atoms with E-state index in [4.69, 9.17) is 23.2 Å². The van der Waals surface area contributed by atoms with Crippen LogP contribution in [-0.2, 0) is 6.42 Å². The zero-order valence-electron chi connectivity index (χ0n) is 9.28. The van der Waals surface area contributed by atoms with Gasteiger partial charge in [-0.05, 0) is 30.7 Å². The molecule has 0 saturated heterocycles. The van der Waals surface area contributed by atoms with Gasteiger partial charge in [-0.2, -0.15) is 0 Å². The fourth-order valence-corrected chi connectivity index (χ4v) is 3.20. The van der Waals surface area contributed by atoms with Crippen molar-refractivity contribution in [1.29, 1.82) is 0 Å². The molecular weight excluding hydrogens is 275 g/mol. The maximum atomic E-state index is 10.3. The number of hydrogen-bond donors (Lipinski definition) is 1. The van der Waals surface area contributed by atoms with Gasteiger partial charge in [-0.1, -0.05) is 36.2 Å². The van der Waals surface area contributed by atoms with Crippen LogP contribution in [0.4, 0.5) is 0 Å². The summed E-state index contributed by atoms with van der Waals surface area (Å²) < 4.78 is 0. The number of thiophene rings is 1. The molecule has 0 radical (unpaired) electrons. The van der Waals surface area contributed by atoms with Gasteiger partial charge in [0.25, 0.3) is 0 Å². The van der Waals surface area contributed by atoms with Crippen LogP contribution in [-0.4, -0.2) is 5.11 Å². The molecule has 0 fully saturated rings. The van der Waals surface area contributed by atoms with E-state index in [1.165, 1.54) is 4.88 Å². The monoisotopic (exact) mass is 286 g/mol. The summed E-state index contributed by atoms with van der Waals surface area (Å²) in [4.78, 5) is 2.11. The van der Waals surface area contributed by atoms with Crippen LogP contribution in [0.15, 0.2) is 30.3 Å². The second-order valence-electron chi connectivity index (χ2n) is 3.70. The van der Waals surface area contributed by atoms with Crippen LogP contribution in [0.25, 0.3) is 0 Å². The van der Waals surface area contributed by atoms with Gasteiger partial charge in [0.15, 0.2) is 0 Å². The highest BCUT2D eigenvalue weighted by Crippen LogP contribution is 2.36. The molecule has 2 aromatic rings. The molecule has 1 aromatic heterocycles. The number of aliphatic hydroxyl groups is 1. The summed E-state index contributed by atoms with van der Waals surface area (Å²) >= 11 is 13.7. The van der Waals surface area contributed by atoms with E-state index in [2.05, 4.69) is 6.92 Å². The fourth-order valence-electron chi connectivity index (χ4n) is 1.65.